The molecule has 0 aliphatic heterocycles. The minimum atomic E-state index is -0.457. The second-order valence-electron chi connectivity index (χ2n) is 9.56. The first-order valence-corrected chi connectivity index (χ1v) is 13.7. The average molecular weight is 552 g/mol. The number of fused-ring (bicyclic) bond motifs is 1. The normalized spacial score (nSPS) is 11.4. The van der Waals surface area contributed by atoms with Crippen LogP contribution in [-0.4, -0.2) is 51.0 Å². The first kappa shape index (κ1) is 26.9. The molecule has 3 heterocycles. The zero-order chi connectivity index (χ0) is 27.9. The third-order valence-corrected chi connectivity index (χ3v) is 6.81. The molecule has 0 saturated heterocycles. The van der Waals surface area contributed by atoms with E-state index in [1.165, 1.54) is 22.7 Å². The topological polar surface area (TPSA) is 105 Å². The van der Waals surface area contributed by atoms with Crippen molar-refractivity contribution in [2.24, 2.45) is 0 Å². The Morgan fingerprint density at radius 3 is 2.70 bits per heavy atom. The number of hydrogen-bond acceptors (Lipinski definition) is 8. The maximum atomic E-state index is 12.7. The van der Waals surface area contributed by atoms with E-state index >= 15 is 0 Å². The van der Waals surface area contributed by atoms with Gasteiger partial charge in [-0.2, -0.15) is 11.3 Å². The highest BCUT2D eigenvalue weighted by atomic mass is 32.1. The van der Waals surface area contributed by atoms with Crippen molar-refractivity contribution in [2.75, 3.05) is 26.0 Å². The highest BCUT2D eigenvalue weighted by molar-refractivity contribution is 7.07. The summed E-state index contributed by atoms with van der Waals surface area (Å²) in [5.74, 6) is 0.0738. The van der Waals surface area contributed by atoms with E-state index in [0.29, 0.717) is 12.5 Å². The fraction of sp³-hybridized carbons (Fsp3) is 0.167. The van der Waals surface area contributed by atoms with E-state index in [2.05, 4.69) is 42.6 Å². The zero-order valence-corrected chi connectivity index (χ0v) is 23.1. The third kappa shape index (κ3) is 6.85. The van der Waals surface area contributed by atoms with Gasteiger partial charge in [0, 0.05) is 36.6 Å². The van der Waals surface area contributed by atoms with Crippen LogP contribution in [0.5, 0.6) is 0 Å². The standard InChI is InChI=1S/C30H29N7O2S/c1-36(2)17-22-5-8-25(9-6-22)34-30-33-15-24-14-21(7-10-27(24)35-30)4-3-12-32-28(38)26-16-31-20-37(29(26)39)18-23-11-13-40-19-23/h3-11,13-16,19-20H,12,17-18H2,1-2H3,(H,32,38)(H,33,34,35)/b4-3+. The van der Waals surface area contributed by atoms with E-state index in [-0.39, 0.29) is 17.7 Å². The molecule has 5 rings (SSSR count). The van der Waals surface area contributed by atoms with E-state index in [0.717, 1.165) is 34.3 Å². The van der Waals surface area contributed by atoms with Crippen molar-refractivity contribution in [2.45, 2.75) is 13.1 Å². The van der Waals surface area contributed by atoms with E-state index in [4.69, 9.17) is 0 Å². The fourth-order valence-electron chi connectivity index (χ4n) is 4.14. The van der Waals surface area contributed by atoms with E-state index < -0.39 is 5.91 Å². The third-order valence-electron chi connectivity index (χ3n) is 6.08. The molecule has 0 saturated carbocycles. The van der Waals surface area contributed by atoms with Crippen molar-refractivity contribution in [1.82, 2.24) is 29.7 Å². The lowest BCUT2D eigenvalue weighted by molar-refractivity contribution is 0.0955. The lowest BCUT2D eigenvalue weighted by Crippen LogP contribution is -2.33. The summed E-state index contributed by atoms with van der Waals surface area (Å²) in [5, 5.41) is 10.8. The van der Waals surface area contributed by atoms with Gasteiger partial charge < -0.3 is 15.5 Å². The van der Waals surface area contributed by atoms with Crippen molar-refractivity contribution in [3.8, 4) is 0 Å². The van der Waals surface area contributed by atoms with Gasteiger partial charge in [0.1, 0.15) is 5.56 Å². The smallest absolute Gasteiger partial charge is 0.266 e. The van der Waals surface area contributed by atoms with Crippen LogP contribution in [0.2, 0.25) is 0 Å². The maximum Gasteiger partial charge on any atom is 0.266 e. The molecule has 0 atom stereocenters. The largest absolute Gasteiger partial charge is 0.348 e. The molecule has 40 heavy (non-hydrogen) atoms. The van der Waals surface area contributed by atoms with Gasteiger partial charge in [-0.3, -0.25) is 14.2 Å². The Labute approximate surface area is 235 Å². The van der Waals surface area contributed by atoms with Gasteiger partial charge in [-0.1, -0.05) is 30.4 Å². The highest BCUT2D eigenvalue weighted by Crippen LogP contribution is 2.19. The van der Waals surface area contributed by atoms with E-state index in [1.54, 1.807) is 17.5 Å². The molecule has 0 bridgehead atoms. The van der Waals surface area contributed by atoms with Crippen LogP contribution in [0.4, 0.5) is 11.6 Å². The molecule has 2 aromatic carbocycles. The molecule has 0 radical (unpaired) electrons. The van der Waals surface area contributed by atoms with E-state index in [9.17, 15) is 9.59 Å². The quantitative estimate of drug-likeness (QED) is 0.262. The summed E-state index contributed by atoms with van der Waals surface area (Å²) in [5.41, 5.74) is 4.57. The van der Waals surface area contributed by atoms with Crippen LogP contribution in [0.15, 0.2) is 88.9 Å². The maximum absolute atomic E-state index is 12.7. The van der Waals surface area contributed by atoms with Gasteiger partial charge in [-0.15, -0.1) is 0 Å². The zero-order valence-electron chi connectivity index (χ0n) is 22.2. The van der Waals surface area contributed by atoms with Crippen molar-refractivity contribution in [1.29, 1.82) is 0 Å². The number of nitrogens with one attached hydrogen (secondary N) is 2. The Bertz CT molecular complexity index is 1690. The summed E-state index contributed by atoms with van der Waals surface area (Å²) in [6.07, 6.45) is 8.27. The molecule has 0 aliphatic rings. The minimum Gasteiger partial charge on any atom is -0.348 e. The fourth-order valence-corrected chi connectivity index (χ4v) is 4.80. The van der Waals surface area contributed by atoms with Gasteiger partial charge in [0.15, 0.2) is 0 Å². The molecule has 0 spiro atoms. The molecular formula is C30H29N7O2S. The van der Waals surface area contributed by atoms with Gasteiger partial charge in [-0.05, 0) is 71.9 Å². The molecule has 1 amide bonds. The number of amides is 1. The molecule has 5 aromatic rings. The van der Waals surface area contributed by atoms with Crippen molar-refractivity contribution in [3.05, 3.63) is 117 Å². The second kappa shape index (κ2) is 12.5. The number of rotatable bonds is 10. The molecule has 9 nitrogen and oxygen atoms in total. The van der Waals surface area contributed by atoms with Crippen molar-refractivity contribution < 1.29 is 4.79 Å². The Balaban J connectivity index is 1.18. The number of benzene rings is 2. The van der Waals surface area contributed by atoms with Crippen LogP contribution >= 0.6 is 11.3 Å². The number of carbonyl (C=O) groups is 1. The Morgan fingerprint density at radius 1 is 1.07 bits per heavy atom. The number of nitrogens with zero attached hydrogens (tertiary/aromatic N) is 5. The van der Waals surface area contributed by atoms with Gasteiger partial charge >= 0.3 is 0 Å². The highest BCUT2D eigenvalue weighted by Gasteiger charge is 2.12. The van der Waals surface area contributed by atoms with E-state index in [1.807, 2.05) is 73.4 Å². The Hall–Kier alpha value is -4.67. The predicted octanol–water partition coefficient (Wildman–Crippen LogP) is 4.54. The van der Waals surface area contributed by atoms with Gasteiger partial charge in [-0.25, -0.2) is 15.0 Å². The molecule has 202 valence electrons. The van der Waals surface area contributed by atoms with Gasteiger partial charge in [0.05, 0.1) is 18.4 Å². The summed E-state index contributed by atoms with van der Waals surface area (Å²) < 4.78 is 1.44. The lowest BCUT2D eigenvalue weighted by atomic mass is 10.1. The predicted molar refractivity (Wildman–Crippen MR) is 160 cm³/mol. The number of hydrogen-bond donors (Lipinski definition) is 2. The number of thiophene rings is 1. The molecule has 0 aliphatic carbocycles. The molecule has 3 aromatic heterocycles. The number of aromatic nitrogens is 4. The summed E-state index contributed by atoms with van der Waals surface area (Å²) in [6.45, 7) is 1.53. The first-order chi connectivity index (χ1) is 19.4. The summed E-state index contributed by atoms with van der Waals surface area (Å²) in [4.78, 5) is 40.6. The molecule has 10 heteroatoms. The van der Waals surface area contributed by atoms with Crippen molar-refractivity contribution >= 4 is 45.9 Å². The van der Waals surface area contributed by atoms with Crippen LogP contribution in [0.25, 0.3) is 17.0 Å². The molecular weight excluding hydrogens is 522 g/mol. The second-order valence-corrected chi connectivity index (χ2v) is 10.3. The summed E-state index contributed by atoms with van der Waals surface area (Å²) in [7, 11) is 4.09. The van der Waals surface area contributed by atoms with Crippen LogP contribution in [-0.2, 0) is 13.1 Å². The SMILES string of the molecule is CN(C)Cc1ccc(Nc2ncc3cc(/C=C/CNC(=O)c4cncn(Cc5ccsc5)c4=O)ccc3n2)cc1. The van der Waals surface area contributed by atoms with Gasteiger partial charge in [0.25, 0.3) is 11.5 Å². The molecule has 0 unspecified atom stereocenters. The Kier molecular flexibility index (Phi) is 8.38. The van der Waals surface area contributed by atoms with Gasteiger partial charge in [0.2, 0.25) is 5.95 Å². The van der Waals surface area contributed by atoms with Crippen molar-refractivity contribution in [3.63, 3.8) is 0 Å². The molecule has 2 N–H and O–H groups in total. The molecule has 0 fully saturated rings. The lowest BCUT2D eigenvalue weighted by Gasteiger charge is -2.11. The Morgan fingerprint density at radius 2 is 1.93 bits per heavy atom. The first-order valence-electron chi connectivity index (χ1n) is 12.7. The number of anilines is 2. The van der Waals surface area contributed by atoms with Crippen LogP contribution in [0.1, 0.15) is 27.0 Å². The average Bonchev–Trinajstić information content (AvgIpc) is 3.46. The number of carbonyl (C=O) groups excluding carboxylic acids is 1. The van der Waals surface area contributed by atoms with Crippen LogP contribution in [0.3, 0.4) is 0 Å². The monoisotopic (exact) mass is 551 g/mol. The minimum absolute atomic E-state index is 0.0166. The summed E-state index contributed by atoms with van der Waals surface area (Å²) >= 11 is 1.56. The van der Waals surface area contributed by atoms with Crippen LogP contribution in [0, 0.1) is 0 Å². The van der Waals surface area contributed by atoms with Crippen LogP contribution < -0.4 is 16.2 Å². The summed E-state index contributed by atoms with van der Waals surface area (Å²) in [6, 6.07) is 16.0.